The molecule has 4 heteroatoms. The van der Waals surface area contributed by atoms with Gasteiger partial charge in [-0.15, -0.1) is 24.8 Å². The smallest absolute Gasteiger partial charge is 0.147 e. The molecule has 0 aromatic rings. The third-order valence-electron chi connectivity index (χ3n) is 5.63. The topological polar surface area (TPSA) is 0 Å². The Morgan fingerprint density at radius 3 is 1.23 bits per heavy atom. The minimum Gasteiger partial charge on any atom is -0.147 e. The van der Waals surface area contributed by atoms with Gasteiger partial charge in [-0.3, -0.25) is 0 Å². The van der Waals surface area contributed by atoms with Gasteiger partial charge < -0.3 is 0 Å². The monoisotopic (exact) mass is 572 g/mol. The molecule has 0 saturated carbocycles. The van der Waals surface area contributed by atoms with Gasteiger partial charge in [0.15, 0.2) is 0 Å². The van der Waals surface area contributed by atoms with Crippen molar-refractivity contribution in [3.05, 3.63) is 41.1 Å². The molecular weight excluding hydrogens is 538 g/mol. The van der Waals surface area contributed by atoms with Crippen LogP contribution in [0.3, 0.4) is 0 Å². The van der Waals surface area contributed by atoms with Crippen LogP contribution in [0, 0.1) is 11.8 Å². The van der Waals surface area contributed by atoms with Crippen molar-refractivity contribution >= 4 is 37.0 Å². The summed E-state index contributed by atoms with van der Waals surface area (Å²) in [5.41, 5.74) is 6.31. The molecule has 0 nitrogen and oxygen atoms in total. The molecule has 126 valence electrons. The van der Waals surface area contributed by atoms with E-state index in [9.17, 15) is 0 Å². The van der Waals surface area contributed by atoms with Gasteiger partial charge in [0.05, 0.1) is 0 Å². The molecule has 2 rings (SSSR count). The molecule has 2 aliphatic carbocycles. The van der Waals surface area contributed by atoms with Crippen molar-refractivity contribution in [2.45, 2.75) is 50.9 Å². The Morgan fingerprint density at radius 1 is 0.773 bits per heavy atom. The summed E-state index contributed by atoms with van der Waals surface area (Å²) in [7, 11) is 0. The van der Waals surface area contributed by atoms with Crippen molar-refractivity contribution in [3.8, 4) is 0 Å². The molecule has 0 amide bonds. The van der Waals surface area contributed by atoms with E-state index in [1.165, 1.54) is 23.4 Å². The molecule has 22 heavy (non-hydrogen) atoms. The van der Waals surface area contributed by atoms with Crippen molar-refractivity contribution in [2.75, 3.05) is 0 Å². The van der Waals surface area contributed by atoms with E-state index < -0.39 is 15.4 Å². The standard InChI is InChI=1S/2C8H11.2CH3.2ClH.GeH2.Hf/c2*1-6-4-7(2)8(3)5-6;;;;;;/h2*4,6H,1-3H3;2*1H3;2*1H;1H2;. The Bertz CT molecular complexity index is 619. The van der Waals surface area contributed by atoms with Gasteiger partial charge in [0, 0.05) is 0 Å². The molecule has 0 radical (unpaired) electrons. The van der Waals surface area contributed by atoms with Crippen molar-refractivity contribution in [2.24, 2.45) is 11.8 Å². The Labute approximate surface area is 155 Å². The molecule has 0 saturated heterocycles. The van der Waals surface area contributed by atoms with Gasteiger partial charge in [-0.25, -0.2) is 0 Å². The summed E-state index contributed by atoms with van der Waals surface area (Å²) >= 11 is -1.55. The third kappa shape index (κ3) is 3.48. The van der Waals surface area contributed by atoms with Crippen molar-refractivity contribution < 1.29 is 15.4 Å². The summed E-state index contributed by atoms with van der Waals surface area (Å²) in [4.78, 5) is 0. The molecule has 2 atom stereocenters. The molecule has 0 aliphatic heterocycles. The number of rotatable bonds is 2. The van der Waals surface area contributed by atoms with Gasteiger partial charge >= 0.3 is 131 Å². The second kappa shape index (κ2) is 7.06. The fourth-order valence-corrected chi connectivity index (χ4v) is 47.4. The van der Waals surface area contributed by atoms with Crippen LogP contribution in [0.4, 0.5) is 0 Å². The molecule has 0 fully saturated rings. The number of halogens is 2. The van der Waals surface area contributed by atoms with Crippen LogP contribution in [0.15, 0.2) is 41.1 Å². The van der Waals surface area contributed by atoms with E-state index in [2.05, 4.69) is 63.1 Å². The third-order valence-corrected chi connectivity index (χ3v) is 37.1. The maximum absolute atomic E-state index is 3.05. The zero-order chi connectivity index (χ0) is 15.5. The van der Waals surface area contributed by atoms with Crippen LogP contribution < -0.4 is 0 Å². The molecule has 0 aromatic carbocycles. The van der Waals surface area contributed by atoms with E-state index in [1.54, 1.807) is 11.1 Å². The number of hydrogen-bond acceptors (Lipinski definition) is 0. The van der Waals surface area contributed by atoms with Crippen LogP contribution in [0.1, 0.15) is 41.5 Å². The van der Waals surface area contributed by atoms with E-state index in [-0.39, 0.29) is 24.8 Å². The molecule has 2 unspecified atom stereocenters. The zero-order valence-corrected chi connectivity index (χ0v) is 23.5. The van der Waals surface area contributed by atoms with E-state index in [4.69, 9.17) is 0 Å². The SMILES string of the molecule is CC1=CC(C)[C]([Hf]([CH3])([CH3])(=[GeH2])[C]2=C(C)C(C)=CC2C)=C1C.Cl.Cl. The Balaban J connectivity index is 0.00000220. The second-order valence-electron chi connectivity index (χ2n) is 8.04. The maximum Gasteiger partial charge on any atom is -0.147 e. The first-order valence-corrected chi connectivity index (χ1v) is 33.3. The first kappa shape index (κ1) is 23.0. The summed E-state index contributed by atoms with van der Waals surface area (Å²) in [6.45, 7) is 14.2. The van der Waals surface area contributed by atoms with Gasteiger partial charge in [-0.1, -0.05) is 0 Å². The first-order valence-electron chi connectivity index (χ1n) is 7.83. The normalized spacial score (nSPS) is 25.7. The number of hydrogen-bond donors (Lipinski definition) is 0. The molecule has 0 heterocycles. The largest absolute Gasteiger partial charge is 0.147 e. The fourth-order valence-electron chi connectivity index (χ4n) is 5.08. The van der Waals surface area contributed by atoms with Gasteiger partial charge in [0.1, 0.15) is 0 Å². The predicted octanol–water partition coefficient (Wildman–Crippen LogP) is 5.90. The first-order chi connectivity index (χ1) is 8.96. The van der Waals surface area contributed by atoms with E-state index in [0.29, 0.717) is 11.8 Å². The van der Waals surface area contributed by atoms with Crippen LogP contribution in [0.25, 0.3) is 0 Å². The summed E-state index contributed by atoms with van der Waals surface area (Å²) in [5, 5.41) is 0. The van der Waals surface area contributed by atoms with Crippen LogP contribution in [0.5, 0.6) is 0 Å². The zero-order valence-electron chi connectivity index (χ0n) is 15.3. The minimum absolute atomic E-state index is 0. The van der Waals surface area contributed by atoms with Crippen molar-refractivity contribution in [1.82, 2.24) is 0 Å². The Kier molecular flexibility index (Phi) is 7.36. The van der Waals surface area contributed by atoms with Crippen LogP contribution in [-0.4, -0.2) is 12.2 Å². The Hall–Kier alpha value is 0.953. The van der Waals surface area contributed by atoms with Gasteiger partial charge in [-0.05, 0) is 0 Å². The summed E-state index contributed by atoms with van der Waals surface area (Å²) in [5.74, 6) is 1.34. The minimum atomic E-state index is -3.05. The number of allylic oxidation sites excluding steroid dienone is 8. The Morgan fingerprint density at radius 2 is 1.05 bits per heavy atom. The van der Waals surface area contributed by atoms with E-state index in [0.717, 1.165) is 0 Å². The average molecular weight is 570 g/mol. The summed E-state index contributed by atoms with van der Waals surface area (Å²) in [6, 6.07) is 0. The van der Waals surface area contributed by atoms with Gasteiger partial charge in [0.25, 0.3) is 0 Å². The summed E-state index contributed by atoms with van der Waals surface area (Å²) in [6.07, 6.45) is 5.00. The van der Waals surface area contributed by atoms with Gasteiger partial charge in [-0.2, -0.15) is 0 Å². The molecule has 2 aliphatic rings. The van der Waals surface area contributed by atoms with E-state index >= 15 is 0 Å². The predicted molar refractivity (Wildman–Crippen MR) is 106 cm³/mol. The molecule has 0 spiro atoms. The molecular formula is C18H32Cl2GeHf. The quantitative estimate of drug-likeness (QED) is 0.363. The van der Waals surface area contributed by atoms with Crippen molar-refractivity contribution in [3.63, 3.8) is 0 Å². The van der Waals surface area contributed by atoms with Crippen LogP contribution in [0.2, 0.25) is 9.36 Å². The van der Waals surface area contributed by atoms with Gasteiger partial charge in [0.2, 0.25) is 0 Å². The average Bonchev–Trinajstić information content (AvgIpc) is 2.65. The summed E-state index contributed by atoms with van der Waals surface area (Å²) < 4.78 is 9.18. The molecule has 0 bridgehead atoms. The maximum atomic E-state index is 2.71. The molecule has 0 aromatic heterocycles. The molecule has 0 N–H and O–H groups in total. The second-order valence-corrected chi connectivity index (χ2v) is 67.6. The van der Waals surface area contributed by atoms with Crippen molar-refractivity contribution in [1.29, 1.82) is 0 Å². The fraction of sp³-hybridized carbons (Fsp3) is 0.556. The van der Waals surface area contributed by atoms with Crippen LogP contribution in [-0.2, 0) is 15.4 Å². The van der Waals surface area contributed by atoms with E-state index in [1.807, 2.05) is 6.66 Å². The van der Waals surface area contributed by atoms with Crippen LogP contribution >= 0.6 is 24.8 Å².